The lowest BCUT2D eigenvalue weighted by Crippen LogP contribution is -2.41. The lowest BCUT2D eigenvalue weighted by molar-refractivity contribution is 0.170. The molecule has 2 atom stereocenters. The number of likely N-dealkylation sites (tertiary alicyclic amines) is 1. The zero-order chi connectivity index (χ0) is 23.7. The van der Waals surface area contributed by atoms with Crippen LogP contribution in [0, 0.1) is 0 Å². The Hall–Kier alpha value is -3.39. The van der Waals surface area contributed by atoms with Crippen LogP contribution in [0.4, 0.5) is 4.79 Å². The number of benzene rings is 2. The number of fused-ring (bicyclic) bond motifs is 1. The van der Waals surface area contributed by atoms with Gasteiger partial charge < -0.3 is 24.6 Å². The number of aromatic nitrogens is 2. The standard InChI is InChI=1S/C26H30N4O4/c1-16(2)33-19-11-9-17(10-12-19)25-28-24(29-34-25)22-7-3-6-21-20(22)5-4-8-23(21)27-26(32)30-14-13-18(31)15-30/h3,6-7,9-12,16,18,23,31H,4-5,8,13-15H2,1-2H3,(H,27,32). The number of urea groups is 1. The second kappa shape index (κ2) is 9.46. The average molecular weight is 463 g/mol. The average Bonchev–Trinajstić information content (AvgIpc) is 3.49. The molecule has 3 aromatic rings. The van der Waals surface area contributed by atoms with Gasteiger partial charge >= 0.3 is 6.03 Å². The number of aliphatic hydroxyl groups excluding tert-OH is 1. The smallest absolute Gasteiger partial charge is 0.317 e. The number of hydrogen-bond acceptors (Lipinski definition) is 6. The quantitative estimate of drug-likeness (QED) is 0.585. The monoisotopic (exact) mass is 462 g/mol. The first-order valence-corrected chi connectivity index (χ1v) is 11.9. The molecular weight excluding hydrogens is 432 g/mol. The van der Waals surface area contributed by atoms with E-state index in [1.807, 2.05) is 50.2 Å². The highest BCUT2D eigenvalue weighted by Crippen LogP contribution is 2.36. The Labute approximate surface area is 198 Å². The summed E-state index contributed by atoms with van der Waals surface area (Å²) in [6.07, 6.45) is 3.04. The fourth-order valence-electron chi connectivity index (χ4n) is 4.77. The van der Waals surface area contributed by atoms with E-state index in [0.717, 1.165) is 47.3 Å². The SMILES string of the molecule is CC(C)Oc1ccc(-c2nc(-c3cccc4c3CCCC4NC(=O)N3CCC(O)C3)no2)cc1. The summed E-state index contributed by atoms with van der Waals surface area (Å²) in [6, 6.07) is 13.5. The maximum atomic E-state index is 12.7. The van der Waals surface area contributed by atoms with Crippen molar-refractivity contribution in [1.82, 2.24) is 20.4 Å². The summed E-state index contributed by atoms with van der Waals surface area (Å²) >= 11 is 0. The third kappa shape index (κ3) is 4.63. The molecule has 34 heavy (non-hydrogen) atoms. The number of hydrogen-bond donors (Lipinski definition) is 2. The first-order chi connectivity index (χ1) is 16.5. The van der Waals surface area contributed by atoms with Gasteiger partial charge in [0.2, 0.25) is 5.82 Å². The number of β-amino-alcohol motifs (C(OH)–C–C–N with tert-alkyl or cyclic N) is 1. The molecule has 0 saturated carbocycles. The van der Waals surface area contributed by atoms with Gasteiger partial charge in [-0.3, -0.25) is 0 Å². The number of nitrogens with one attached hydrogen (secondary N) is 1. The molecule has 2 unspecified atom stereocenters. The lowest BCUT2D eigenvalue weighted by atomic mass is 9.84. The fraction of sp³-hybridized carbons (Fsp3) is 0.423. The molecule has 2 aliphatic rings. The molecule has 1 aromatic heterocycles. The summed E-state index contributed by atoms with van der Waals surface area (Å²) in [7, 11) is 0. The number of nitrogens with zero attached hydrogens (tertiary/aromatic N) is 3. The van der Waals surface area contributed by atoms with E-state index >= 15 is 0 Å². The summed E-state index contributed by atoms with van der Waals surface area (Å²) in [5, 5.41) is 17.2. The molecule has 0 spiro atoms. The Morgan fingerprint density at radius 1 is 1.21 bits per heavy atom. The number of carbonyl (C=O) groups excluding carboxylic acids is 1. The normalized spacial score (nSPS) is 19.8. The van der Waals surface area contributed by atoms with Crippen molar-refractivity contribution in [1.29, 1.82) is 0 Å². The van der Waals surface area contributed by atoms with Crippen molar-refractivity contribution in [2.24, 2.45) is 0 Å². The van der Waals surface area contributed by atoms with Crippen LogP contribution in [-0.2, 0) is 6.42 Å². The van der Waals surface area contributed by atoms with E-state index < -0.39 is 6.10 Å². The van der Waals surface area contributed by atoms with Crippen LogP contribution in [0.2, 0.25) is 0 Å². The Bertz CT molecular complexity index is 1160. The minimum atomic E-state index is -0.428. The van der Waals surface area contributed by atoms with E-state index in [9.17, 15) is 9.90 Å². The van der Waals surface area contributed by atoms with Gasteiger partial charge in [0.05, 0.1) is 18.2 Å². The first-order valence-electron chi connectivity index (χ1n) is 11.9. The highest BCUT2D eigenvalue weighted by atomic mass is 16.5. The van der Waals surface area contributed by atoms with Crippen molar-refractivity contribution in [3.05, 3.63) is 53.6 Å². The zero-order valence-electron chi connectivity index (χ0n) is 19.5. The Morgan fingerprint density at radius 3 is 2.76 bits per heavy atom. The predicted molar refractivity (Wildman–Crippen MR) is 127 cm³/mol. The highest BCUT2D eigenvalue weighted by molar-refractivity contribution is 5.75. The molecule has 0 radical (unpaired) electrons. The van der Waals surface area contributed by atoms with Crippen LogP contribution in [0.1, 0.15) is 50.3 Å². The molecule has 2 N–H and O–H groups in total. The van der Waals surface area contributed by atoms with Crippen molar-refractivity contribution < 1.29 is 19.2 Å². The molecule has 1 fully saturated rings. The lowest BCUT2D eigenvalue weighted by Gasteiger charge is -2.29. The van der Waals surface area contributed by atoms with Crippen LogP contribution < -0.4 is 10.1 Å². The number of rotatable bonds is 5. The van der Waals surface area contributed by atoms with E-state index in [1.54, 1.807) is 4.90 Å². The molecule has 2 heterocycles. The first kappa shape index (κ1) is 22.4. The second-order valence-corrected chi connectivity index (χ2v) is 9.27. The largest absolute Gasteiger partial charge is 0.491 e. The number of amides is 2. The van der Waals surface area contributed by atoms with Crippen molar-refractivity contribution in [3.8, 4) is 28.6 Å². The Balaban J connectivity index is 1.36. The third-order valence-electron chi connectivity index (χ3n) is 6.40. The van der Waals surface area contributed by atoms with Gasteiger partial charge in [-0.15, -0.1) is 0 Å². The molecule has 1 aliphatic heterocycles. The maximum Gasteiger partial charge on any atom is 0.317 e. The van der Waals surface area contributed by atoms with Crippen LogP contribution >= 0.6 is 0 Å². The molecule has 178 valence electrons. The molecular formula is C26H30N4O4. The van der Waals surface area contributed by atoms with Crippen LogP contribution in [0.15, 0.2) is 47.0 Å². The van der Waals surface area contributed by atoms with Crippen molar-refractivity contribution in [2.45, 2.75) is 57.8 Å². The van der Waals surface area contributed by atoms with Gasteiger partial charge in [0.25, 0.3) is 5.89 Å². The van der Waals surface area contributed by atoms with Gasteiger partial charge in [0.15, 0.2) is 0 Å². The van der Waals surface area contributed by atoms with E-state index in [1.165, 1.54) is 0 Å². The molecule has 0 bridgehead atoms. The number of ether oxygens (including phenoxy) is 1. The molecule has 8 heteroatoms. The van der Waals surface area contributed by atoms with E-state index in [0.29, 0.717) is 31.2 Å². The Morgan fingerprint density at radius 2 is 2.03 bits per heavy atom. The van der Waals surface area contributed by atoms with Crippen molar-refractivity contribution >= 4 is 6.03 Å². The summed E-state index contributed by atoms with van der Waals surface area (Å²) in [5.74, 6) is 1.80. The number of carbonyl (C=O) groups is 1. The van der Waals surface area contributed by atoms with Crippen LogP contribution in [-0.4, -0.2) is 51.5 Å². The maximum absolute atomic E-state index is 12.7. The van der Waals surface area contributed by atoms with Crippen LogP contribution in [0.3, 0.4) is 0 Å². The van der Waals surface area contributed by atoms with Crippen molar-refractivity contribution in [3.63, 3.8) is 0 Å². The summed E-state index contributed by atoms with van der Waals surface area (Å²) in [5.41, 5.74) is 4.01. The highest BCUT2D eigenvalue weighted by Gasteiger charge is 2.29. The fourth-order valence-corrected chi connectivity index (χ4v) is 4.77. The minimum absolute atomic E-state index is 0.0752. The van der Waals surface area contributed by atoms with Gasteiger partial charge in [0.1, 0.15) is 5.75 Å². The van der Waals surface area contributed by atoms with E-state index in [-0.39, 0.29) is 18.2 Å². The number of aliphatic hydroxyl groups is 1. The summed E-state index contributed by atoms with van der Waals surface area (Å²) < 4.78 is 11.3. The topological polar surface area (TPSA) is 101 Å². The van der Waals surface area contributed by atoms with Crippen molar-refractivity contribution in [2.75, 3.05) is 13.1 Å². The third-order valence-corrected chi connectivity index (χ3v) is 6.40. The van der Waals surface area contributed by atoms with Gasteiger partial charge in [-0.1, -0.05) is 23.4 Å². The summed E-state index contributed by atoms with van der Waals surface area (Å²) in [4.78, 5) is 19.1. The molecule has 2 amide bonds. The van der Waals surface area contributed by atoms with Gasteiger partial charge in [-0.25, -0.2) is 4.79 Å². The van der Waals surface area contributed by atoms with Crippen LogP contribution in [0.25, 0.3) is 22.8 Å². The van der Waals surface area contributed by atoms with Gasteiger partial charge in [-0.2, -0.15) is 4.98 Å². The van der Waals surface area contributed by atoms with E-state index in [4.69, 9.17) is 9.26 Å². The summed E-state index contributed by atoms with van der Waals surface area (Å²) in [6.45, 7) is 4.96. The van der Waals surface area contributed by atoms with Gasteiger partial charge in [0, 0.05) is 24.2 Å². The van der Waals surface area contributed by atoms with Gasteiger partial charge in [-0.05, 0) is 74.9 Å². The molecule has 1 saturated heterocycles. The zero-order valence-corrected chi connectivity index (χ0v) is 19.5. The Kier molecular flexibility index (Phi) is 6.24. The second-order valence-electron chi connectivity index (χ2n) is 9.27. The molecule has 8 nitrogen and oxygen atoms in total. The van der Waals surface area contributed by atoms with E-state index in [2.05, 4.69) is 21.5 Å². The molecule has 5 rings (SSSR count). The molecule has 1 aliphatic carbocycles. The predicted octanol–water partition coefficient (Wildman–Crippen LogP) is 4.34. The molecule has 2 aromatic carbocycles. The minimum Gasteiger partial charge on any atom is -0.491 e. The van der Waals surface area contributed by atoms with Crippen LogP contribution in [0.5, 0.6) is 5.75 Å².